The van der Waals surface area contributed by atoms with E-state index in [0.29, 0.717) is 88.5 Å². The molecule has 0 unspecified atom stereocenters. The molecule has 2 aliphatic heterocycles. The van der Waals surface area contributed by atoms with E-state index in [1.54, 1.807) is 18.2 Å². The van der Waals surface area contributed by atoms with Crippen molar-refractivity contribution in [2.45, 2.75) is 90.9 Å². The predicted molar refractivity (Wildman–Crippen MR) is 254 cm³/mol. The fraction of sp³-hybridized carbons (Fsp3) is 0.633. The van der Waals surface area contributed by atoms with E-state index >= 15 is 0 Å². The second-order valence-electron chi connectivity index (χ2n) is 18.8. The molecule has 1 saturated heterocycles. The normalized spacial score (nSPS) is 18.9. The molecule has 1 atom stereocenters. The highest BCUT2D eigenvalue weighted by atomic mass is 16.6. The SMILES string of the molecule is CN(CCCNc1nc(CN(C)C2CCC(C(C)(C)C)CC2)nc2ccccc12)CCOCCOCCOCCOCCNC(=O)CNc1cccc2c1CN([C@H]1CCC(=O)NC1=O)C2=O. The lowest BCUT2D eigenvalue weighted by Crippen LogP contribution is -2.52. The zero-order chi connectivity index (χ0) is 46.9. The van der Waals surface area contributed by atoms with Gasteiger partial charge in [-0.05, 0) is 94.8 Å². The molecule has 17 nitrogen and oxygen atoms in total. The minimum atomic E-state index is -0.696. The number of para-hydroxylation sites is 1. The lowest BCUT2D eigenvalue weighted by atomic mass is 9.71. The monoisotopic (exact) mass is 916 g/mol. The Balaban J connectivity index is 0.732. The molecular weight excluding hydrogens is 843 g/mol. The summed E-state index contributed by atoms with van der Waals surface area (Å²) in [6, 6.07) is 13.4. The van der Waals surface area contributed by atoms with Gasteiger partial charge in [0.1, 0.15) is 17.7 Å². The molecule has 1 aromatic heterocycles. The van der Waals surface area contributed by atoms with Gasteiger partial charge in [0.15, 0.2) is 0 Å². The van der Waals surface area contributed by atoms with Crippen LogP contribution in [0.4, 0.5) is 11.5 Å². The van der Waals surface area contributed by atoms with Gasteiger partial charge in [-0.1, -0.05) is 39.0 Å². The van der Waals surface area contributed by atoms with Gasteiger partial charge in [-0.25, -0.2) is 9.97 Å². The zero-order valence-corrected chi connectivity index (χ0v) is 39.8. The quantitative estimate of drug-likeness (QED) is 0.0620. The number of hydrogen-bond acceptors (Lipinski definition) is 14. The fourth-order valence-electron chi connectivity index (χ4n) is 8.97. The molecular formula is C49H73N9O8. The lowest BCUT2D eigenvalue weighted by molar-refractivity contribution is -0.137. The van der Waals surface area contributed by atoms with Gasteiger partial charge in [0.2, 0.25) is 17.7 Å². The maximum absolute atomic E-state index is 13.0. The number of imide groups is 1. The molecule has 362 valence electrons. The number of amides is 4. The first-order valence-corrected chi connectivity index (χ1v) is 23.8. The van der Waals surface area contributed by atoms with E-state index in [2.05, 4.69) is 78.1 Å². The average Bonchev–Trinajstić information content (AvgIpc) is 3.63. The number of likely N-dealkylation sites (N-methyl/N-ethyl adjacent to an activating group) is 1. The Morgan fingerprint density at radius 3 is 2.21 bits per heavy atom. The number of nitrogens with one attached hydrogen (secondary N) is 4. The third-order valence-electron chi connectivity index (χ3n) is 12.9. The van der Waals surface area contributed by atoms with E-state index < -0.39 is 11.9 Å². The molecule has 0 spiro atoms. The lowest BCUT2D eigenvalue weighted by Gasteiger charge is -2.39. The van der Waals surface area contributed by atoms with E-state index in [4.69, 9.17) is 28.9 Å². The summed E-state index contributed by atoms with van der Waals surface area (Å²) in [7, 11) is 4.34. The molecule has 66 heavy (non-hydrogen) atoms. The first-order valence-electron chi connectivity index (χ1n) is 23.8. The molecule has 4 N–H and O–H groups in total. The summed E-state index contributed by atoms with van der Waals surface area (Å²) in [6.45, 7) is 14.7. The van der Waals surface area contributed by atoms with Crippen molar-refractivity contribution in [3.05, 3.63) is 59.4 Å². The molecule has 6 rings (SSSR count). The summed E-state index contributed by atoms with van der Waals surface area (Å²) in [5, 5.41) is 12.9. The highest BCUT2D eigenvalue weighted by Gasteiger charge is 2.40. The van der Waals surface area contributed by atoms with Gasteiger partial charge in [0, 0.05) is 60.8 Å². The fourth-order valence-corrected chi connectivity index (χ4v) is 8.97. The standard InChI is InChI=1S/C49H73N9O8/c1-49(2,3)35-14-16-36(17-15-35)57(5)34-43-53-41-12-7-6-10-38(41)46(54-43)51-20-9-22-56(4)23-25-64-27-29-66-31-30-65-28-26-63-24-21-50-45(60)32-52-40-13-8-11-37-39(40)33-58(48(37)62)42-18-19-44(59)55-47(42)61/h6-8,10-13,35-36,42,52H,9,14-34H2,1-5H3,(H,50,60)(H,51,53,54)(H,55,59,61)/t35?,36?,42-/m0/s1. The smallest absolute Gasteiger partial charge is 0.255 e. The molecule has 1 saturated carbocycles. The molecule has 3 heterocycles. The van der Waals surface area contributed by atoms with Gasteiger partial charge in [-0.2, -0.15) is 0 Å². The van der Waals surface area contributed by atoms with Gasteiger partial charge in [0.05, 0.1) is 71.5 Å². The molecule has 2 fully saturated rings. The van der Waals surface area contributed by atoms with Crippen LogP contribution in [0.3, 0.4) is 0 Å². The van der Waals surface area contributed by atoms with Crippen LogP contribution in [0.5, 0.6) is 0 Å². The maximum atomic E-state index is 13.0. The molecule has 3 aromatic rings. The molecule has 1 aliphatic carbocycles. The summed E-state index contributed by atoms with van der Waals surface area (Å²) in [5.41, 5.74) is 3.22. The number of anilines is 2. The van der Waals surface area contributed by atoms with E-state index in [1.165, 1.54) is 30.6 Å². The first-order chi connectivity index (χ1) is 31.9. The number of nitrogens with zero attached hydrogens (tertiary/aromatic N) is 5. The summed E-state index contributed by atoms with van der Waals surface area (Å²) in [5.74, 6) is 1.31. The Bertz CT molecular complexity index is 2060. The van der Waals surface area contributed by atoms with Gasteiger partial charge in [-0.3, -0.25) is 29.4 Å². The van der Waals surface area contributed by atoms with Crippen molar-refractivity contribution in [2.75, 3.05) is 110 Å². The molecule has 17 heteroatoms. The van der Waals surface area contributed by atoms with Crippen LogP contribution < -0.4 is 21.3 Å². The minimum absolute atomic E-state index is 0.00902. The van der Waals surface area contributed by atoms with Crippen LogP contribution in [0.2, 0.25) is 0 Å². The number of hydrogen-bond donors (Lipinski definition) is 4. The Labute approximate surface area is 390 Å². The van der Waals surface area contributed by atoms with E-state index in [-0.39, 0.29) is 37.2 Å². The van der Waals surface area contributed by atoms with Gasteiger partial charge >= 0.3 is 0 Å². The Kier molecular flexibility index (Phi) is 19.5. The van der Waals surface area contributed by atoms with Crippen molar-refractivity contribution in [1.29, 1.82) is 0 Å². The van der Waals surface area contributed by atoms with Crippen LogP contribution in [0, 0.1) is 11.3 Å². The van der Waals surface area contributed by atoms with Crippen LogP contribution in [-0.4, -0.2) is 160 Å². The number of rotatable bonds is 27. The number of piperidine rings is 1. The summed E-state index contributed by atoms with van der Waals surface area (Å²) >= 11 is 0. The molecule has 4 amide bonds. The number of aromatic nitrogens is 2. The number of carbonyl (C=O) groups is 4. The topological polar surface area (TPSA) is 189 Å². The van der Waals surface area contributed by atoms with Crippen molar-refractivity contribution in [3.8, 4) is 0 Å². The predicted octanol–water partition coefficient (Wildman–Crippen LogP) is 4.46. The Morgan fingerprint density at radius 2 is 1.50 bits per heavy atom. The molecule has 3 aliphatic rings. The van der Waals surface area contributed by atoms with E-state index in [0.717, 1.165) is 66.6 Å². The van der Waals surface area contributed by atoms with E-state index in [1.807, 2.05) is 12.1 Å². The third-order valence-corrected chi connectivity index (χ3v) is 12.9. The molecule has 0 bridgehead atoms. The summed E-state index contributed by atoms with van der Waals surface area (Å²) < 4.78 is 22.6. The number of benzene rings is 2. The van der Waals surface area contributed by atoms with Gasteiger partial charge in [0.25, 0.3) is 5.91 Å². The van der Waals surface area contributed by atoms with E-state index in [9.17, 15) is 19.2 Å². The van der Waals surface area contributed by atoms with Crippen molar-refractivity contribution in [1.82, 2.24) is 35.3 Å². The Hall–Kier alpha value is -4.78. The van der Waals surface area contributed by atoms with Crippen molar-refractivity contribution in [3.63, 3.8) is 0 Å². The largest absolute Gasteiger partial charge is 0.378 e. The van der Waals surface area contributed by atoms with Crippen LogP contribution in [0.1, 0.15) is 87.5 Å². The first kappa shape index (κ1) is 50.6. The molecule has 2 aromatic carbocycles. The maximum Gasteiger partial charge on any atom is 0.255 e. The van der Waals surface area contributed by atoms with Crippen LogP contribution in [0.15, 0.2) is 42.5 Å². The van der Waals surface area contributed by atoms with Gasteiger partial charge < -0.3 is 44.7 Å². The minimum Gasteiger partial charge on any atom is -0.378 e. The average molecular weight is 916 g/mol. The molecule has 0 radical (unpaired) electrons. The number of carbonyl (C=O) groups excluding carboxylic acids is 4. The van der Waals surface area contributed by atoms with Crippen molar-refractivity contribution < 1.29 is 38.1 Å². The summed E-state index contributed by atoms with van der Waals surface area (Å²) in [4.78, 5) is 65.6. The zero-order valence-electron chi connectivity index (χ0n) is 39.8. The number of ether oxygens (including phenoxy) is 4. The second-order valence-corrected chi connectivity index (χ2v) is 18.8. The second kappa shape index (κ2) is 25.4. The third kappa shape index (κ3) is 15.1. The highest BCUT2D eigenvalue weighted by molar-refractivity contribution is 6.06. The van der Waals surface area contributed by atoms with Crippen LogP contribution >= 0.6 is 0 Å². The van der Waals surface area contributed by atoms with Crippen molar-refractivity contribution in [2.24, 2.45) is 11.3 Å². The summed E-state index contributed by atoms with van der Waals surface area (Å²) in [6.07, 6.45) is 6.50. The Morgan fingerprint density at radius 1 is 0.803 bits per heavy atom. The van der Waals surface area contributed by atoms with Crippen LogP contribution in [0.25, 0.3) is 10.9 Å². The number of fused-ring (bicyclic) bond motifs is 2. The van der Waals surface area contributed by atoms with Crippen LogP contribution in [-0.2, 0) is 46.4 Å². The van der Waals surface area contributed by atoms with Gasteiger partial charge in [-0.15, -0.1) is 0 Å². The highest BCUT2D eigenvalue weighted by Crippen LogP contribution is 2.39. The van der Waals surface area contributed by atoms with Crippen molar-refractivity contribution >= 4 is 46.0 Å².